The number of carbonyl (C=O) groups excluding carboxylic acids is 2. The highest BCUT2D eigenvalue weighted by Gasteiger charge is 2.49. The van der Waals surface area contributed by atoms with Gasteiger partial charge in [-0.25, -0.2) is 9.69 Å². The molecule has 1 saturated heterocycles. The number of alkyl halides is 6. The molecule has 2 rings (SSSR count). The van der Waals surface area contributed by atoms with Gasteiger partial charge in [-0.15, -0.1) is 0 Å². The van der Waals surface area contributed by atoms with Crippen molar-refractivity contribution in [1.82, 2.24) is 4.90 Å². The Bertz CT molecular complexity index is 865. The minimum absolute atomic E-state index is 0.0358. The number of carbonyl (C=O) groups is 2. The summed E-state index contributed by atoms with van der Waals surface area (Å²) in [5, 5.41) is -1.59. The molecule has 180 valence electrons. The Labute approximate surface area is 186 Å². The summed E-state index contributed by atoms with van der Waals surface area (Å²) >= 11 is 5.46. The van der Waals surface area contributed by atoms with E-state index in [4.69, 9.17) is 20.8 Å². The van der Waals surface area contributed by atoms with Crippen LogP contribution in [0.2, 0.25) is 18.1 Å². The van der Waals surface area contributed by atoms with Crippen LogP contribution in [0.5, 0.6) is 0 Å². The van der Waals surface area contributed by atoms with Crippen molar-refractivity contribution >= 4 is 31.4 Å². The Kier molecular flexibility index (Phi) is 7.05. The van der Waals surface area contributed by atoms with Gasteiger partial charge in [0.25, 0.3) is 0 Å². The third-order valence-electron chi connectivity index (χ3n) is 5.65. The average molecular weight is 506 g/mol. The van der Waals surface area contributed by atoms with E-state index in [2.05, 4.69) is 0 Å². The molecule has 1 aliphatic rings. The molecule has 0 bridgehead atoms. The van der Waals surface area contributed by atoms with Crippen molar-refractivity contribution in [2.45, 2.75) is 63.4 Å². The highest BCUT2D eigenvalue weighted by atomic mass is 35.5. The second-order valence-corrected chi connectivity index (χ2v) is 14.0. The van der Waals surface area contributed by atoms with Gasteiger partial charge in [0.05, 0.1) is 17.7 Å². The molecule has 0 spiro atoms. The summed E-state index contributed by atoms with van der Waals surface area (Å²) < 4.78 is 90.5. The zero-order valence-electron chi connectivity index (χ0n) is 17.8. The van der Waals surface area contributed by atoms with Crippen molar-refractivity contribution < 1.29 is 45.1 Å². The molecule has 0 saturated carbocycles. The molecular formula is C19H22ClF6NO4Si. The van der Waals surface area contributed by atoms with Gasteiger partial charge < -0.3 is 9.16 Å². The molecule has 1 aromatic carbocycles. The van der Waals surface area contributed by atoms with Crippen LogP contribution in [0.1, 0.15) is 43.6 Å². The lowest BCUT2D eigenvalue weighted by molar-refractivity contribution is -0.143. The van der Waals surface area contributed by atoms with Crippen molar-refractivity contribution in [2.75, 3.05) is 6.61 Å². The summed E-state index contributed by atoms with van der Waals surface area (Å²) in [5.74, 6) is 0. The number of cyclic esters (lactones) is 1. The second kappa shape index (κ2) is 8.53. The lowest BCUT2D eigenvalue weighted by atomic mass is 9.97. The molecular weight excluding hydrogens is 484 g/mol. The van der Waals surface area contributed by atoms with Crippen molar-refractivity contribution in [1.29, 1.82) is 0 Å². The van der Waals surface area contributed by atoms with Crippen molar-refractivity contribution in [3.8, 4) is 0 Å². The maximum atomic E-state index is 13.3. The highest BCUT2D eigenvalue weighted by molar-refractivity contribution is 6.74. The van der Waals surface area contributed by atoms with E-state index in [0.29, 0.717) is 17.0 Å². The van der Waals surface area contributed by atoms with Gasteiger partial charge in [0.15, 0.2) is 14.4 Å². The number of ether oxygens (including phenoxy) is 1. The molecule has 0 aliphatic carbocycles. The maximum absolute atomic E-state index is 13.3. The number of amides is 2. The van der Waals surface area contributed by atoms with Gasteiger partial charge >= 0.3 is 23.8 Å². The SMILES string of the molecule is CC(C)(C)[Si](C)(C)OC[C@H]1[C@@H](c2cc(C(F)(F)F)cc(C(F)(F)F)c2)OC(=O)N1C(=O)Cl. The first kappa shape index (κ1) is 26.5. The standard InChI is InChI=1S/C19H22ClF6NO4Si/c1-17(2,3)32(4,5)30-9-13-14(31-16(29)27(13)15(20)28)10-6-11(18(21,22)23)8-12(7-10)19(24,25)26/h6-8,13-14H,9H2,1-5H3/t13-,14+/m0/s1. The number of imide groups is 1. The average Bonchev–Trinajstić information content (AvgIpc) is 2.93. The Morgan fingerprint density at radius 3 is 1.91 bits per heavy atom. The summed E-state index contributed by atoms with van der Waals surface area (Å²) in [6.45, 7) is 9.03. The number of rotatable bonds is 4. The smallest absolute Gasteiger partial charge is 0.418 e. The van der Waals surface area contributed by atoms with Crippen LogP contribution < -0.4 is 0 Å². The maximum Gasteiger partial charge on any atom is 0.418 e. The van der Waals surface area contributed by atoms with E-state index in [1.165, 1.54) is 0 Å². The third-order valence-corrected chi connectivity index (χ3v) is 10.3. The summed E-state index contributed by atoms with van der Waals surface area (Å²) in [4.78, 5) is 24.4. The van der Waals surface area contributed by atoms with E-state index in [1.54, 1.807) is 0 Å². The van der Waals surface area contributed by atoms with Crippen molar-refractivity contribution in [2.24, 2.45) is 0 Å². The number of halogens is 7. The minimum Gasteiger partial charge on any atom is -0.439 e. The van der Waals surface area contributed by atoms with Crippen LogP contribution in [0.15, 0.2) is 18.2 Å². The zero-order valence-corrected chi connectivity index (χ0v) is 19.6. The van der Waals surface area contributed by atoms with Crippen LogP contribution in [-0.2, 0) is 21.5 Å². The van der Waals surface area contributed by atoms with Crippen molar-refractivity contribution in [3.63, 3.8) is 0 Å². The molecule has 1 aromatic rings. The Hall–Kier alpha value is -1.79. The van der Waals surface area contributed by atoms with E-state index < -0.39 is 61.0 Å². The fourth-order valence-electron chi connectivity index (χ4n) is 2.82. The van der Waals surface area contributed by atoms with Gasteiger partial charge in [-0.1, -0.05) is 20.8 Å². The highest BCUT2D eigenvalue weighted by Crippen LogP contribution is 2.42. The molecule has 0 unspecified atom stereocenters. The van der Waals surface area contributed by atoms with Crippen LogP contribution in [0.3, 0.4) is 0 Å². The first-order valence-corrected chi connectivity index (χ1v) is 12.7. The van der Waals surface area contributed by atoms with Crippen LogP contribution in [0, 0.1) is 0 Å². The van der Waals surface area contributed by atoms with Crippen LogP contribution in [0.25, 0.3) is 0 Å². The molecule has 1 heterocycles. The van der Waals surface area contributed by atoms with Gasteiger partial charge in [-0.05, 0) is 53.5 Å². The zero-order chi connectivity index (χ0) is 24.9. The monoisotopic (exact) mass is 505 g/mol. The predicted octanol–water partition coefficient (Wildman–Crippen LogP) is 6.97. The van der Waals surface area contributed by atoms with Crippen LogP contribution in [-0.4, -0.2) is 37.3 Å². The first-order valence-electron chi connectivity index (χ1n) is 9.38. The molecule has 0 aromatic heterocycles. The molecule has 2 atom stereocenters. The lowest BCUT2D eigenvalue weighted by Gasteiger charge is -2.37. The Morgan fingerprint density at radius 1 is 1.06 bits per heavy atom. The van der Waals surface area contributed by atoms with E-state index in [-0.39, 0.29) is 17.7 Å². The van der Waals surface area contributed by atoms with Crippen molar-refractivity contribution in [3.05, 3.63) is 34.9 Å². The van der Waals surface area contributed by atoms with E-state index >= 15 is 0 Å². The summed E-state index contributed by atoms with van der Waals surface area (Å²) in [6.07, 6.45) is -13.1. The largest absolute Gasteiger partial charge is 0.439 e. The number of nitrogens with zero attached hydrogens (tertiary/aromatic N) is 1. The van der Waals surface area contributed by atoms with E-state index in [1.807, 2.05) is 33.9 Å². The van der Waals surface area contributed by atoms with E-state index in [0.717, 1.165) is 0 Å². The van der Waals surface area contributed by atoms with Gasteiger partial charge in [0, 0.05) is 0 Å². The fourth-order valence-corrected chi connectivity index (χ4v) is 4.04. The molecule has 0 N–H and O–H groups in total. The normalized spacial score (nSPS) is 20.5. The van der Waals surface area contributed by atoms with E-state index in [9.17, 15) is 35.9 Å². The fraction of sp³-hybridized carbons (Fsp3) is 0.579. The quantitative estimate of drug-likeness (QED) is 0.192. The summed E-state index contributed by atoms with van der Waals surface area (Å²) in [7, 11) is -2.48. The van der Waals surface area contributed by atoms with Gasteiger partial charge in [0.1, 0.15) is 6.04 Å². The Balaban J connectivity index is 2.56. The first-order chi connectivity index (χ1) is 14.3. The molecule has 13 heteroatoms. The molecule has 2 amide bonds. The third kappa shape index (κ3) is 5.57. The number of hydrogen-bond donors (Lipinski definition) is 0. The van der Waals surface area contributed by atoms with Crippen LogP contribution in [0.4, 0.5) is 35.9 Å². The Morgan fingerprint density at radius 2 is 1.53 bits per heavy atom. The van der Waals surface area contributed by atoms with Gasteiger partial charge in [0.2, 0.25) is 0 Å². The number of hydrogen-bond acceptors (Lipinski definition) is 4. The molecule has 32 heavy (non-hydrogen) atoms. The molecule has 0 radical (unpaired) electrons. The molecule has 1 aliphatic heterocycles. The molecule has 1 fully saturated rings. The summed E-state index contributed by atoms with van der Waals surface area (Å²) in [6, 6.07) is -0.485. The number of benzene rings is 1. The summed E-state index contributed by atoms with van der Waals surface area (Å²) in [5.41, 5.74) is -3.72. The topological polar surface area (TPSA) is 55.8 Å². The van der Waals surface area contributed by atoms with Crippen LogP contribution >= 0.6 is 11.6 Å². The second-order valence-electron chi connectivity index (χ2n) is 8.91. The predicted molar refractivity (Wildman–Crippen MR) is 106 cm³/mol. The van der Waals surface area contributed by atoms with Gasteiger partial charge in [-0.2, -0.15) is 26.3 Å². The lowest BCUT2D eigenvalue weighted by Crippen LogP contribution is -2.46. The minimum atomic E-state index is -5.09. The molecule has 5 nitrogen and oxygen atoms in total. The van der Waals surface area contributed by atoms with Gasteiger partial charge in [-0.3, -0.25) is 4.79 Å².